The maximum absolute atomic E-state index is 12.0. The van der Waals surface area contributed by atoms with E-state index in [-0.39, 0.29) is 11.2 Å². The Morgan fingerprint density at radius 1 is 1.06 bits per heavy atom. The van der Waals surface area contributed by atoms with Crippen molar-refractivity contribution in [3.63, 3.8) is 0 Å². The van der Waals surface area contributed by atoms with E-state index in [4.69, 9.17) is 14.2 Å². The van der Waals surface area contributed by atoms with E-state index in [1.54, 1.807) is 21.1 Å². The molecule has 166 valence electrons. The predicted octanol–water partition coefficient (Wildman–Crippen LogP) is 5.02. The van der Waals surface area contributed by atoms with Crippen molar-refractivity contribution in [3.05, 3.63) is 41.5 Å². The number of fused-ring (bicyclic) bond motifs is 1. The van der Waals surface area contributed by atoms with Crippen molar-refractivity contribution in [2.24, 2.45) is 11.3 Å². The third-order valence-corrected chi connectivity index (χ3v) is 5.73. The van der Waals surface area contributed by atoms with Crippen molar-refractivity contribution in [1.29, 1.82) is 0 Å². The molecule has 0 aromatic heterocycles. The molecule has 6 nitrogen and oxygen atoms in total. The highest BCUT2D eigenvalue weighted by Crippen LogP contribution is 2.46. The van der Waals surface area contributed by atoms with Gasteiger partial charge >= 0.3 is 5.97 Å². The van der Waals surface area contributed by atoms with Gasteiger partial charge in [-0.2, -0.15) is 0 Å². The minimum atomic E-state index is -0.819. The van der Waals surface area contributed by atoms with Crippen molar-refractivity contribution in [3.8, 4) is 28.4 Å². The van der Waals surface area contributed by atoms with Crippen LogP contribution in [0.4, 0.5) is 0 Å². The maximum atomic E-state index is 12.0. The normalized spacial score (nSPS) is 14.2. The third-order valence-electron chi connectivity index (χ3n) is 5.73. The predicted molar refractivity (Wildman–Crippen MR) is 118 cm³/mol. The fraction of sp³-hybridized carbons (Fsp3) is 0.440. The molecule has 0 saturated heterocycles. The minimum Gasteiger partial charge on any atom is -0.493 e. The number of ether oxygens (including phenoxy) is 3. The summed E-state index contributed by atoms with van der Waals surface area (Å²) in [7, 11) is 3.13. The molecule has 0 saturated carbocycles. The molecule has 0 spiro atoms. The largest absolute Gasteiger partial charge is 0.493 e. The Morgan fingerprint density at radius 2 is 1.77 bits per heavy atom. The molecule has 1 unspecified atom stereocenters. The van der Waals surface area contributed by atoms with Crippen molar-refractivity contribution >= 4 is 11.8 Å². The molecule has 3 rings (SSSR count). The fourth-order valence-electron chi connectivity index (χ4n) is 4.13. The second-order valence-corrected chi connectivity index (χ2v) is 8.87. The number of aliphatic carboxylic acids is 1. The van der Waals surface area contributed by atoms with E-state index >= 15 is 0 Å². The molecule has 0 amide bonds. The van der Waals surface area contributed by atoms with Gasteiger partial charge in [-0.05, 0) is 41.5 Å². The van der Waals surface area contributed by atoms with Gasteiger partial charge in [0, 0.05) is 17.5 Å². The summed E-state index contributed by atoms with van der Waals surface area (Å²) in [4.78, 5) is 23.3. The Labute approximate surface area is 183 Å². The van der Waals surface area contributed by atoms with Gasteiger partial charge in [-0.3, -0.25) is 9.59 Å². The number of carbonyl (C=O) groups excluding carboxylic acids is 1. The number of methoxy groups -OCH3 is 2. The molecule has 31 heavy (non-hydrogen) atoms. The summed E-state index contributed by atoms with van der Waals surface area (Å²) in [5.74, 6) is 0.467. The van der Waals surface area contributed by atoms with Crippen LogP contribution in [0.2, 0.25) is 0 Å². The molecule has 1 aliphatic carbocycles. The van der Waals surface area contributed by atoms with Crippen LogP contribution in [-0.4, -0.2) is 37.7 Å². The highest BCUT2D eigenvalue weighted by atomic mass is 16.5. The highest BCUT2D eigenvalue weighted by Gasteiger charge is 2.28. The average molecular weight is 427 g/mol. The summed E-state index contributed by atoms with van der Waals surface area (Å²) in [5.41, 5.74) is 3.23. The van der Waals surface area contributed by atoms with Crippen LogP contribution in [0.5, 0.6) is 17.2 Å². The Kier molecular flexibility index (Phi) is 6.58. The number of ketones is 1. The van der Waals surface area contributed by atoms with Crippen LogP contribution in [0.1, 0.15) is 49.5 Å². The van der Waals surface area contributed by atoms with Gasteiger partial charge in [0.05, 0.1) is 26.7 Å². The number of carboxylic acid groups (broad SMARTS) is 1. The number of rotatable bonds is 9. The summed E-state index contributed by atoms with van der Waals surface area (Å²) >= 11 is 0. The number of hydrogen-bond acceptors (Lipinski definition) is 5. The van der Waals surface area contributed by atoms with Crippen LogP contribution in [0.15, 0.2) is 30.3 Å². The van der Waals surface area contributed by atoms with Crippen molar-refractivity contribution in [2.45, 2.75) is 40.0 Å². The topological polar surface area (TPSA) is 82.1 Å². The van der Waals surface area contributed by atoms with E-state index in [1.165, 1.54) is 0 Å². The Morgan fingerprint density at radius 3 is 2.42 bits per heavy atom. The van der Waals surface area contributed by atoms with E-state index in [9.17, 15) is 14.7 Å². The lowest BCUT2D eigenvalue weighted by molar-refractivity contribution is -0.142. The first kappa shape index (κ1) is 22.7. The zero-order chi connectivity index (χ0) is 22.8. The quantitative estimate of drug-likeness (QED) is 0.607. The maximum Gasteiger partial charge on any atom is 0.306 e. The molecule has 6 heteroatoms. The molecule has 0 bridgehead atoms. The van der Waals surface area contributed by atoms with Gasteiger partial charge in [-0.15, -0.1) is 0 Å². The molecule has 1 N–H and O–H groups in total. The summed E-state index contributed by atoms with van der Waals surface area (Å²) in [6, 6.07) is 9.58. The second-order valence-electron chi connectivity index (χ2n) is 8.87. The molecular weight excluding hydrogens is 396 g/mol. The third kappa shape index (κ3) is 4.84. The Hall–Kier alpha value is -3.02. The van der Waals surface area contributed by atoms with E-state index < -0.39 is 11.9 Å². The smallest absolute Gasteiger partial charge is 0.306 e. The van der Waals surface area contributed by atoms with Gasteiger partial charge in [0.2, 0.25) is 5.75 Å². The van der Waals surface area contributed by atoms with Gasteiger partial charge in [0.25, 0.3) is 0 Å². The van der Waals surface area contributed by atoms with Crippen LogP contribution >= 0.6 is 0 Å². The van der Waals surface area contributed by atoms with E-state index in [0.717, 1.165) is 28.7 Å². The molecular formula is C25H30O6. The number of carbonyl (C=O) groups is 2. The standard InChI is InChI=1S/C25H30O6/c1-15(24(27)28)13-25(2,3)14-31-22-19(9-11-21(29-4)23(22)30-5)17-6-8-18-16(12-17)7-10-20(18)26/h6,8-9,11-12,15H,7,10,13-14H2,1-5H3,(H,27,28). The highest BCUT2D eigenvalue weighted by molar-refractivity contribution is 6.01. The van der Waals surface area contributed by atoms with Crippen LogP contribution in [0.25, 0.3) is 11.1 Å². The van der Waals surface area contributed by atoms with Crippen LogP contribution < -0.4 is 14.2 Å². The molecule has 2 aromatic carbocycles. The van der Waals surface area contributed by atoms with Gasteiger partial charge in [0.15, 0.2) is 17.3 Å². The molecule has 1 atom stereocenters. The minimum absolute atomic E-state index is 0.180. The van der Waals surface area contributed by atoms with Gasteiger partial charge in [-0.1, -0.05) is 39.0 Å². The van der Waals surface area contributed by atoms with Crippen molar-refractivity contribution in [1.82, 2.24) is 0 Å². The summed E-state index contributed by atoms with van der Waals surface area (Å²) in [6.07, 6.45) is 1.76. The van der Waals surface area contributed by atoms with Crippen molar-refractivity contribution < 1.29 is 28.9 Å². The van der Waals surface area contributed by atoms with E-state index in [2.05, 4.69) is 0 Å². The first-order valence-corrected chi connectivity index (χ1v) is 10.4. The van der Waals surface area contributed by atoms with Gasteiger partial charge < -0.3 is 19.3 Å². The molecule has 1 aliphatic rings. The molecule has 0 fully saturated rings. The van der Waals surface area contributed by atoms with E-state index in [0.29, 0.717) is 36.7 Å². The van der Waals surface area contributed by atoms with Crippen molar-refractivity contribution in [2.75, 3.05) is 20.8 Å². The molecule has 2 aromatic rings. The number of hydrogen-bond donors (Lipinski definition) is 1. The zero-order valence-electron chi connectivity index (χ0n) is 18.8. The molecule has 0 heterocycles. The number of carboxylic acids is 1. The fourth-order valence-corrected chi connectivity index (χ4v) is 4.13. The van der Waals surface area contributed by atoms with Gasteiger partial charge in [0.1, 0.15) is 0 Å². The average Bonchev–Trinajstić information content (AvgIpc) is 3.11. The SMILES string of the molecule is COc1ccc(-c2ccc3c(c2)CCC3=O)c(OCC(C)(C)CC(C)C(=O)O)c1OC. The zero-order valence-corrected chi connectivity index (χ0v) is 18.8. The second kappa shape index (κ2) is 9.00. The molecule has 0 radical (unpaired) electrons. The van der Waals surface area contributed by atoms with E-state index in [1.807, 2.05) is 44.2 Å². The molecule has 0 aliphatic heterocycles. The Bertz CT molecular complexity index is 992. The summed E-state index contributed by atoms with van der Waals surface area (Å²) < 4.78 is 17.4. The lowest BCUT2D eigenvalue weighted by Gasteiger charge is -2.28. The van der Waals surface area contributed by atoms with Crippen LogP contribution in [0.3, 0.4) is 0 Å². The first-order chi connectivity index (χ1) is 14.7. The summed E-state index contributed by atoms with van der Waals surface area (Å²) in [5, 5.41) is 9.27. The Balaban J connectivity index is 1.98. The number of aryl methyl sites for hydroxylation is 1. The summed E-state index contributed by atoms with van der Waals surface area (Å²) in [6.45, 7) is 5.98. The lowest BCUT2D eigenvalue weighted by Crippen LogP contribution is -2.27. The van der Waals surface area contributed by atoms with Crippen LogP contribution in [-0.2, 0) is 11.2 Å². The first-order valence-electron chi connectivity index (χ1n) is 10.4. The van der Waals surface area contributed by atoms with Gasteiger partial charge in [-0.25, -0.2) is 0 Å². The number of benzene rings is 2. The lowest BCUT2D eigenvalue weighted by atomic mass is 9.84. The number of Topliss-reactive ketones (excluding diaryl/α,β-unsaturated/α-hetero) is 1. The van der Waals surface area contributed by atoms with Crippen LogP contribution in [0, 0.1) is 11.3 Å². The monoisotopic (exact) mass is 426 g/mol.